The summed E-state index contributed by atoms with van der Waals surface area (Å²) >= 11 is 6.61. The topological polar surface area (TPSA) is 76.1 Å². The fourth-order valence-electron chi connectivity index (χ4n) is 2.63. The minimum atomic E-state index is -1.05. The first-order chi connectivity index (χ1) is 13.9. The van der Waals surface area contributed by atoms with Gasteiger partial charge in [-0.05, 0) is 61.9 Å². The van der Waals surface area contributed by atoms with E-state index in [0.717, 1.165) is 5.75 Å². The molecule has 1 atom stereocenters. The summed E-state index contributed by atoms with van der Waals surface area (Å²) in [6.45, 7) is 3.93. The van der Waals surface area contributed by atoms with Gasteiger partial charge in [-0.1, -0.05) is 36.1 Å². The van der Waals surface area contributed by atoms with E-state index in [2.05, 4.69) is 0 Å². The second-order valence-electron chi connectivity index (χ2n) is 6.11. The minimum Gasteiger partial charge on any atom is -0.494 e. The summed E-state index contributed by atoms with van der Waals surface area (Å²) in [6.07, 6.45) is 0.745. The van der Waals surface area contributed by atoms with Crippen LogP contribution in [0.2, 0.25) is 0 Å². The third-order valence-corrected chi connectivity index (χ3v) is 5.32. The minimum absolute atomic E-state index is 0.214. The van der Waals surface area contributed by atoms with Crippen molar-refractivity contribution in [2.24, 2.45) is 0 Å². The van der Waals surface area contributed by atoms with Crippen molar-refractivity contribution < 1.29 is 24.2 Å². The predicted molar refractivity (Wildman–Crippen MR) is 117 cm³/mol. The van der Waals surface area contributed by atoms with Crippen LogP contribution in [0.5, 0.6) is 11.5 Å². The van der Waals surface area contributed by atoms with Crippen LogP contribution in [-0.4, -0.2) is 34.0 Å². The largest absolute Gasteiger partial charge is 0.494 e. The Kier molecular flexibility index (Phi) is 6.56. The molecule has 150 valence electrons. The highest BCUT2D eigenvalue weighted by Gasteiger charge is 2.33. The first-order valence-corrected chi connectivity index (χ1v) is 10.1. The van der Waals surface area contributed by atoms with Crippen molar-refractivity contribution in [1.29, 1.82) is 0 Å². The van der Waals surface area contributed by atoms with Gasteiger partial charge in [0, 0.05) is 0 Å². The molecule has 6 nitrogen and oxygen atoms in total. The van der Waals surface area contributed by atoms with Crippen LogP contribution in [0.25, 0.3) is 6.08 Å². The molecule has 2 aromatic carbocycles. The summed E-state index contributed by atoms with van der Waals surface area (Å²) in [6, 6.07) is 14.1. The van der Waals surface area contributed by atoms with E-state index in [0.29, 0.717) is 32.8 Å². The molecule has 1 N–H and O–H groups in total. The zero-order chi connectivity index (χ0) is 21.0. The summed E-state index contributed by atoms with van der Waals surface area (Å²) in [7, 11) is 0. The molecule has 0 spiro atoms. The predicted octanol–water partition coefficient (Wildman–Crippen LogP) is 4.34. The van der Waals surface area contributed by atoms with E-state index in [1.165, 1.54) is 23.6 Å². The molecular formula is C21H19NO5S2. The lowest BCUT2D eigenvalue weighted by Crippen LogP contribution is -2.27. The molecule has 2 aromatic rings. The Morgan fingerprint density at radius 2 is 1.97 bits per heavy atom. The number of thioether (sulfide) groups is 1. The van der Waals surface area contributed by atoms with Crippen molar-refractivity contribution in [2.45, 2.75) is 20.0 Å². The second-order valence-corrected chi connectivity index (χ2v) is 7.79. The molecule has 1 saturated heterocycles. The number of benzene rings is 2. The molecule has 3 rings (SSSR count). The Morgan fingerprint density at radius 3 is 2.62 bits per heavy atom. The fraction of sp³-hybridized carbons (Fsp3) is 0.190. The SMILES string of the molecule is CCOc1ccc(N2C(=O)/C(=C\c3cccc(OC(C)C(=O)O)c3)SC2=S)cc1. The fourth-order valence-corrected chi connectivity index (χ4v) is 3.93. The first-order valence-electron chi connectivity index (χ1n) is 8.89. The molecule has 1 unspecified atom stereocenters. The molecule has 1 aliphatic heterocycles. The Hall–Kier alpha value is -2.84. The number of anilines is 1. The molecule has 1 heterocycles. The van der Waals surface area contributed by atoms with Crippen LogP contribution in [0.4, 0.5) is 5.69 Å². The third kappa shape index (κ3) is 4.96. The molecule has 0 saturated carbocycles. The maximum atomic E-state index is 12.9. The summed E-state index contributed by atoms with van der Waals surface area (Å²) in [4.78, 5) is 25.8. The van der Waals surface area contributed by atoms with Crippen LogP contribution in [0.15, 0.2) is 53.4 Å². The highest BCUT2D eigenvalue weighted by molar-refractivity contribution is 8.27. The number of amides is 1. The van der Waals surface area contributed by atoms with Crippen molar-refractivity contribution in [3.05, 3.63) is 59.0 Å². The lowest BCUT2D eigenvalue weighted by Gasteiger charge is -2.15. The van der Waals surface area contributed by atoms with E-state index in [1.54, 1.807) is 48.5 Å². The normalized spacial score (nSPS) is 16.2. The molecule has 29 heavy (non-hydrogen) atoms. The van der Waals surface area contributed by atoms with Gasteiger partial charge in [0.1, 0.15) is 11.5 Å². The van der Waals surface area contributed by atoms with E-state index in [4.69, 9.17) is 26.8 Å². The van der Waals surface area contributed by atoms with Gasteiger partial charge in [-0.3, -0.25) is 9.69 Å². The molecule has 0 aliphatic carbocycles. The van der Waals surface area contributed by atoms with E-state index in [1.807, 2.05) is 13.0 Å². The van der Waals surface area contributed by atoms with E-state index in [-0.39, 0.29) is 5.91 Å². The molecular weight excluding hydrogens is 410 g/mol. The maximum Gasteiger partial charge on any atom is 0.344 e. The van der Waals surface area contributed by atoms with Gasteiger partial charge in [-0.2, -0.15) is 0 Å². The van der Waals surface area contributed by atoms with Gasteiger partial charge in [0.15, 0.2) is 10.4 Å². The summed E-state index contributed by atoms with van der Waals surface area (Å²) < 4.78 is 11.3. The van der Waals surface area contributed by atoms with Crippen molar-refractivity contribution in [2.75, 3.05) is 11.5 Å². The zero-order valence-electron chi connectivity index (χ0n) is 15.8. The molecule has 1 aliphatic rings. The lowest BCUT2D eigenvalue weighted by atomic mass is 10.2. The molecule has 0 radical (unpaired) electrons. The number of aliphatic carboxylic acids is 1. The van der Waals surface area contributed by atoms with Gasteiger partial charge in [0.2, 0.25) is 0 Å². The monoisotopic (exact) mass is 429 g/mol. The quantitative estimate of drug-likeness (QED) is 0.518. The Bertz CT molecular complexity index is 971. The van der Waals surface area contributed by atoms with Crippen LogP contribution < -0.4 is 14.4 Å². The summed E-state index contributed by atoms with van der Waals surface area (Å²) in [5.74, 6) is -0.124. The van der Waals surface area contributed by atoms with Crippen molar-refractivity contribution >= 4 is 51.9 Å². The smallest absolute Gasteiger partial charge is 0.344 e. The highest BCUT2D eigenvalue weighted by Crippen LogP contribution is 2.36. The molecule has 0 aromatic heterocycles. The second kappa shape index (κ2) is 9.11. The van der Waals surface area contributed by atoms with E-state index >= 15 is 0 Å². The van der Waals surface area contributed by atoms with Crippen LogP contribution in [0.1, 0.15) is 19.4 Å². The third-order valence-electron chi connectivity index (χ3n) is 4.02. The summed E-state index contributed by atoms with van der Waals surface area (Å²) in [5.41, 5.74) is 1.39. The molecule has 8 heteroatoms. The first kappa shape index (κ1) is 20.9. The van der Waals surface area contributed by atoms with Crippen LogP contribution in [0.3, 0.4) is 0 Å². The van der Waals surface area contributed by atoms with Crippen molar-refractivity contribution in [3.63, 3.8) is 0 Å². The van der Waals surface area contributed by atoms with E-state index in [9.17, 15) is 9.59 Å². The number of hydrogen-bond donors (Lipinski definition) is 1. The van der Waals surface area contributed by atoms with Gasteiger partial charge in [0.25, 0.3) is 5.91 Å². The van der Waals surface area contributed by atoms with Gasteiger partial charge < -0.3 is 14.6 Å². The number of thiocarbonyl (C=S) groups is 1. The van der Waals surface area contributed by atoms with Crippen molar-refractivity contribution in [3.8, 4) is 11.5 Å². The average molecular weight is 430 g/mol. The number of carbonyl (C=O) groups is 2. The number of ether oxygens (including phenoxy) is 2. The van der Waals surface area contributed by atoms with Gasteiger partial charge in [-0.25, -0.2) is 4.79 Å². The molecule has 1 amide bonds. The lowest BCUT2D eigenvalue weighted by molar-refractivity contribution is -0.144. The zero-order valence-corrected chi connectivity index (χ0v) is 17.5. The number of carbonyl (C=O) groups excluding carboxylic acids is 1. The number of rotatable bonds is 7. The van der Waals surface area contributed by atoms with Gasteiger partial charge >= 0.3 is 5.97 Å². The molecule has 1 fully saturated rings. The van der Waals surface area contributed by atoms with E-state index < -0.39 is 12.1 Å². The Balaban J connectivity index is 1.80. The van der Waals surface area contributed by atoms with Crippen LogP contribution >= 0.6 is 24.0 Å². The Labute approximate surface area is 178 Å². The van der Waals surface area contributed by atoms with Gasteiger partial charge in [-0.15, -0.1) is 0 Å². The van der Waals surface area contributed by atoms with Crippen LogP contribution in [0, 0.1) is 0 Å². The van der Waals surface area contributed by atoms with Gasteiger partial charge in [0.05, 0.1) is 17.2 Å². The average Bonchev–Trinajstić information content (AvgIpc) is 2.96. The standard InChI is InChI=1S/C21H19NO5S2/c1-3-26-16-9-7-15(8-10-16)22-19(23)18(29-21(22)28)12-14-5-4-6-17(11-14)27-13(2)20(24)25/h4-13H,3H2,1-2H3,(H,24,25)/b18-12+. The number of carboxylic acid groups (broad SMARTS) is 1. The van der Waals surface area contributed by atoms with Crippen molar-refractivity contribution in [1.82, 2.24) is 0 Å². The number of hydrogen-bond acceptors (Lipinski definition) is 6. The highest BCUT2D eigenvalue weighted by atomic mass is 32.2. The number of nitrogens with zero attached hydrogens (tertiary/aromatic N) is 1. The number of carboxylic acids is 1. The summed E-state index contributed by atoms with van der Waals surface area (Å²) in [5, 5.41) is 8.98. The van der Waals surface area contributed by atoms with Crippen LogP contribution in [-0.2, 0) is 9.59 Å². The maximum absolute atomic E-state index is 12.9. The Morgan fingerprint density at radius 1 is 1.24 bits per heavy atom. The molecule has 0 bridgehead atoms.